The third kappa shape index (κ3) is 3.71. The number of benzene rings is 2. The molecule has 6 nitrogen and oxygen atoms in total. The summed E-state index contributed by atoms with van der Waals surface area (Å²) in [6, 6.07) is 13.0. The molecule has 0 heterocycles. The van der Waals surface area contributed by atoms with Crippen LogP contribution in [0.2, 0.25) is 0 Å². The molecular weight excluding hydrogens is 304 g/mol. The number of hydrogen-bond donors (Lipinski definition) is 2. The highest BCUT2D eigenvalue weighted by Gasteiger charge is 2.12. The fourth-order valence-corrected chi connectivity index (χ4v) is 3.03. The van der Waals surface area contributed by atoms with E-state index in [0.29, 0.717) is 24.5 Å². The summed E-state index contributed by atoms with van der Waals surface area (Å²) in [5.74, 6) is 0.325. The van der Waals surface area contributed by atoms with Crippen LogP contribution >= 0.6 is 0 Å². The number of anilines is 1. The molecule has 2 aromatic rings. The Kier molecular flexibility index (Phi) is 4.74. The van der Waals surface area contributed by atoms with Crippen LogP contribution in [0.4, 0.5) is 11.4 Å². The summed E-state index contributed by atoms with van der Waals surface area (Å²) >= 11 is 0. The van der Waals surface area contributed by atoms with Gasteiger partial charge in [-0.05, 0) is 48.9 Å². The van der Waals surface area contributed by atoms with E-state index in [-0.39, 0.29) is 10.6 Å². The molecule has 0 aliphatic heterocycles. The molecule has 0 fully saturated rings. The van der Waals surface area contributed by atoms with Gasteiger partial charge in [-0.15, -0.1) is 0 Å². The first-order valence-electron chi connectivity index (χ1n) is 8.04. The SMILES string of the molecule is NC(=NCCc1ccccc1[N+](=O)[O-])Nc1ccc2c(c1)CCC2. The molecule has 3 N–H and O–H groups in total. The van der Waals surface area contributed by atoms with Gasteiger partial charge in [-0.2, -0.15) is 0 Å². The molecule has 3 rings (SSSR count). The van der Waals surface area contributed by atoms with Crippen molar-refractivity contribution in [1.82, 2.24) is 0 Å². The van der Waals surface area contributed by atoms with Crippen LogP contribution in [-0.2, 0) is 19.3 Å². The number of nitrogens with zero attached hydrogens (tertiary/aromatic N) is 2. The molecule has 1 aliphatic carbocycles. The molecule has 0 atom stereocenters. The van der Waals surface area contributed by atoms with Crippen molar-refractivity contribution in [1.29, 1.82) is 0 Å². The second kappa shape index (κ2) is 7.12. The van der Waals surface area contributed by atoms with E-state index in [9.17, 15) is 10.1 Å². The van der Waals surface area contributed by atoms with E-state index >= 15 is 0 Å². The number of aliphatic imine (C=N–C) groups is 1. The Hall–Kier alpha value is -2.89. The van der Waals surface area contributed by atoms with Crippen molar-refractivity contribution in [3.05, 3.63) is 69.3 Å². The Bertz CT molecular complexity index is 786. The standard InChI is InChI=1S/C18H20N4O2/c19-18(21-16-9-8-13-5-3-6-15(13)12-16)20-11-10-14-4-1-2-7-17(14)22(23)24/h1-2,4,7-9,12H,3,5-6,10-11H2,(H3,19,20,21). The number of nitrogens with one attached hydrogen (secondary N) is 1. The zero-order valence-corrected chi connectivity index (χ0v) is 13.4. The maximum Gasteiger partial charge on any atom is 0.272 e. The van der Waals surface area contributed by atoms with Gasteiger partial charge in [0, 0.05) is 23.9 Å². The van der Waals surface area contributed by atoms with Crippen molar-refractivity contribution in [2.75, 3.05) is 11.9 Å². The maximum atomic E-state index is 11.0. The quantitative estimate of drug-likeness (QED) is 0.382. The van der Waals surface area contributed by atoms with Crippen LogP contribution < -0.4 is 11.1 Å². The Morgan fingerprint density at radius 3 is 2.83 bits per heavy atom. The van der Waals surface area contributed by atoms with Gasteiger partial charge in [0.1, 0.15) is 0 Å². The lowest BCUT2D eigenvalue weighted by molar-refractivity contribution is -0.385. The maximum absolute atomic E-state index is 11.0. The Morgan fingerprint density at radius 2 is 2.00 bits per heavy atom. The second-order valence-corrected chi connectivity index (χ2v) is 5.86. The minimum Gasteiger partial charge on any atom is -0.370 e. The van der Waals surface area contributed by atoms with Gasteiger partial charge in [0.05, 0.1) is 4.92 Å². The zero-order chi connectivity index (χ0) is 16.9. The Morgan fingerprint density at radius 1 is 1.21 bits per heavy atom. The highest BCUT2D eigenvalue weighted by molar-refractivity contribution is 5.92. The van der Waals surface area contributed by atoms with E-state index in [1.54, 1.807) is 18.2 Å². The monoisotopic (exact) mass is 324 g/mol. The van der Waals surface area contributed by atoms with E-state index in [1.165, 1.54) is 23.6 Å². The molecule has 0 unspecified atom stereocenters. The van der Waals surface area contributed by atoms with Crippen LogP contribution in [0.15, 0.2) is 47.5 Å². The predicted molar refractivity (Wildman–Crippen MR) is 95.4 cm³/mol. The highest BCUT2D eigenvalue weighted by atomic mass is 16.6. The topological polar surface area (TPSA) is 93.5 Å². The molecule has 0 saturated carbocycles. The van der Waals surface area contributed by atoms with Crippen molar-refractivity contribution in [3.63, 3.8) is 0 Å². The van der Waals surface area contributed by atoms with Crippen LogP contribution in [-0.4, -0.2) is 17.4 Å². The lowest BCUT2D eigenvalue weighted by Gasteiger charge is -2.08. The number of fused-ring (bicyclic) bond motifs is 1. The summed E-state index contributed by atoms with van der Waals surface area (Å²) in [6.07, 6.45) is 3.94. The third-order valence-electron chi connectivity index (χ3n) is 4.22. The summed E-state index contributed by atoms with van der Waals surface area (Å²) in [5.41, 5.74) is 10.4. The number of nitro benzene ring substituents is 1. The number of rotatable bonds is 5. The van der Waals surface area contributed by atoms with Gasteiger partial charge in [0.25, 0.3) is 5.69 Å². The first-order valence-corrected chi connectivity index (χ1v) is 8.04. The minimum absolute atomic E-state index is 0.123. The fraction of sp³-hybridized carbons (Fsp3) is 0.278. The first kappa shape index (κ1) is 16.0. The number of hydrogen-bond acceptors (Lipinski definition) is 3. The van der Waals surface area contributed by atoms with Gasteiger partial charge in [-0.1, -0.05) is 24.3 Å². The second-order valence-electron chi connectivity index (χ2n) is 5.86. The molecule has 1 aliphatic rings. The van der Waals surface area contributed by atoms with Gasteiger partial charge < -0.3 is 11.1 Å². The zero-order valence-electron chi connectivity index (χ0n) is 13.4. The van der Waals surface area contributed by atoms with Crippen LogP contribution in [0.5, 0.6) is 0 Å². The number of aryl methyl sites for hydroxylation is 2. The number of para-hydroxylation sites is 1. The molecule has 0 amide bonds. The number of nitro groups is 1. The number of nitrogens with two attached hydrogens (primary N) is 1. The summed E-state index contributed by atoms with van der Waals surface area (Å²) in [6.45, 7) is 0.397. The van der Waals surface area contributed by atoms with Crippen molar-refractivity contribution < 1.29 is 4.92 Å². The summed E-state index contributed by atoms with van der Waals surface area (Å²) in [7, 11) is 0. The van der Waals surface area contributed by atoms with Gasteiger partial charge in [-0.3, -0.25) is 15.1 Å². The molecule has 0 aromatic heterocycles. The van der Waals surface area contributed by atoms with E-state index in [0.717, 1.165) is 18.5 Å². The molecule has 2 aromatic carbocycles. The van der Waals surface area contributed by atoms with Crippen LogP contribution in [0.1, 0.15) is 23.1 Å². The molecule has 0 bridgehead atoms. The van der Waals surface area contributed by atoms with E-state index in [4.69, 9.17) is 5.73 Å². The largest absolute Gasteiger partial charge is 0.370 e. The molecular formula is C18H20N4O2. The highest BCUT2D eigenvalue weighted by Crippen LogP contribution is 2.24. The molecule has 0 radical (unpaired) electrons. The molecule has 0 saturated heterocycles. The van der Waals surface area contributed by atoms with E-state index in [1.807, 2.05) is 6.07 Å². The van der Waals surface area contributed by atoms with Crippen LogP contribution in [0, 0.1) is 10.1 Å². The lowest BCUT2D eigenvalue weighted by Crippen LogP contribution is -2.23. The summed E-state index contributed by atoms with van der Waals surface area (Å²) in [4.78, 5) is 14.9. The summed E-state index contributed by atoms with van der Waals surface area (Å²) in [5, 5.41) is 14.1. The van der Waals surface area contributed by atoms with Crippen molar-refractivity contribution in [3.8, 4) is 0 Å². The normalized spacial score (nSPS) is 13.6. The van der Waals surface area contributed by atoms with Gasteiger partial charge in [0.15, 0.2) is 5.96 Å². The Labute approximate surface area is 140 Å². The van der Waals surface area contributed by atoms with Crippen LogP contribution in [0.3, 0.4) is 0 Å². The first-order chi connectivity index (χ1) is 11.6. The fourth-order valence-electron chi connectivity index (χ4n) is 3.03. The average molecular weight is 324 g/mol. The van der Waals surface area contributed by atoms with Crippen LogP contribution in [0.25, 0.3) is 0 Å². The average Bonchev–Trinajstić information content (AvgIpc) is 3.03. The van der Waals surface area contributed by atoms with Crippen molar-refractivity contribution in [2.45, 2.75) is 25.7 Å². The molecule has 24 heavy (non-hydrogen) atoms. The van der Waals surface area contributed by atoms with Gasteiger partial charge in [-0.25, -0.2) is 0 Å². The minimum atomic E-state index is -0.370. The molecule has 0 spiro atoms. The lowest BCUT2D eigenvalue weighted by atomic mass is 10.1. The summed E-state index contributed by atoms with van der Waals surface area (Å²) < 4.78 is 0. The Balaban J connectivity index is 1.60. The van der Waals surface area contributed by atoms with Crippen molar-refractivity contribution in [2.24, 2.45) is 10.7 Å². The number of guanidine groups is 1. The van der Waals surface area contributed by atoms with E-state index < -0.39 is 0 Å². The molecule has 6 heteroatoms. The van der Waals surface area contributed by atoms with Crippen molar-refractivity contribution >= 4 is 17.3 Å². The molecule has 124 valence electrons. The van der Waals surface area contributed by atoms with Gasteiger partial charge >= 0.3 is 0 Å². The smallest absolute Gasteiger partial charge is 0.272 e. The predicted octanol–water partition coefficient (Wildman–Crippen LogP) is 3.05. The third-order valence-corrected chi connectivity index (χ3v) is 4.22. The van der Waals surface area contributed by atoms with Gasteiger partial charge in [0.2, 0.25) is 0 Å². The van der Waals surface area contributed by atoms with E-state index in [2.05, 4.69) is 22.4 Å².